The molecule has 0 aromatic carbocycles. The van der Waals surface area contributed by atoms with Crippen LogP contribution in [-0.4, -0.2) is 38.3 Å². The Morgan fingerprint density at radius 2 is 2.14 bits per heavy atom. The van der Waals surface area contributed by atoms with Crippen LogP contribution in [-0.2, 0) is 9.53 Å². The fraction of sp³-hybridized carbons (Fsp3) is 0.941. The molecule has 3 rings (SSSR count). The molecule has 4 nitrogen and oxygen atoms in total. The molecule has 120 valence electrons. The summed E-state index contributed by atoms with van der Waals surface area (Å²) in [5, 5.41) is 6.62. The van der Waals surface area contributed by atoms with E-state index in [0.717, 1.165) is 39.1 Å². The first-order valence-electron chi connectivity index (χ1n) is 8.72. The zero-order valence-electron chi connectivity index (χ0n) is 13.5. The van der Waals surface area contributed by atoms with Gasteiger partial charge in [0.25, 0.3) is 0 Å². The molecule has 3 atom stereocenters. The van der Waals surface area contributed by atoms with E-state index in [2.05, 4.69) is 24.5 Å². The molecule has 3 fully saturated rings. The Balaban J connectivity index is 1.47. The van der Waals surface area contributed by atoms with Crippen molar-refractivity contribution in [1.82, 2.24) is 10.6 Å². The highest BCUT2D eigenvalue weighted by Gasteiger charge is 2.57. The summed E-state index contributed by atoms with van der Waals surface area (Å²) in [6, 6.07) is 0. The molecule has 1 aliphatic carbocycles. The molecular weight excluding hydrogens is 264 g/mol. The van der Waals surface area contributed by atoms with Gasteiger partial charge in [-0.3, -0.25) is 4.79 Å². The van der Waals surface area contributed by atoms with Gasteiger partial charge in [-0.15, -0.1) is 0 Å². The Kier molecular flexibility index (Phi) is 4.55. The van der Waals surface area contributed by atoms with Gasteiger partial charge in [0.2, 0.25) is 5.91 Å². The van der Waals surface area contributed by atoms with Crippen molar-refractivity contribution in [3.63, 3.8) is 0 Å². The lowest BCUT2D eigenvalue weighted by molar-refractivity contribution is -0.124. The number of hydrogen-bond donors (Lipinski definition) is 2. The Morgan fingerprint density at radius 3 is 2.86 bits per heavy atom. The van der Waals surface area contributed by atoms with Crippen molar-refractivity contribution >= 4 is 5.91 Å². The third-order valence-corrected chi connectivity index (χ3v) is 5.80. The van der Waals surface area contributed by atoms with Crippen LogP contribution in [0.25, 0.3) is 0 Å². The summed E-state index contributed by atoms with van der Waals surface area (Å²) in [4.78, 5) is 12.4. The van der Waals surface area contributed by atoms with Crippen LogP contribution in [0.5, 0.6) is 0 Å². The summed E-state index contributed by atoms with van der Waals surface area (Å²) in [5.74, 6) is 1.60. The van der Waals surface area contributed by atoms with Gasteiger partial charge < -0.3 is 15.4 Å². The molecule has 2 N–H and O–H groups in total. The van der Waals surface area contributed by atoms with Crippen LogP contribution in [0.4, 0.5) is 0 Å². The van der Waals surface area contributed by atoms with E-state index in [1.54, 1.807) is 0 Å². The van der Waals surface area contributed by atoms with Crippen molar-refractivity contribution in [3.8, 4) is 0 Å². The maximum Gasteiger partial charge on any atom is 0.223 e. The molecular formula is C17H30N2O2. The molecule has 1 amide bonds. The van der Waals surface area contributed by atoms with Gasteiger partial charge in [0, 0.05) is 25.0 Å². The number of rotatable bonds is 4. The molecule has 1 saturated carbocycles. The predicted octanol–water partition coefficient (Wildman–Crippen LogP) is 1.94. The summed E-state index contributed by atoms with van der Waals surface area (Å²) >= 11 is 0. The van der Waals surface area contributed by atoms with Crippen molar-refractivity contribution in [1.29, 1.82) is 0 Å². The number of carbonyl (C=O) groups is 1. The van der Waals surface area contributed by atoms with Gasteiger partial charge in [0.15, 0.2) is 0 Å². The SMILES string of the molecule is CC(C)C1OCCCC1CNC(=O)C1CC12CCNCC2. The van der Waals surface area contributed by atoms with Crippen molar-refractivity contribution < 1.29 is 9.53 Å². The standard InChI is InChI=1S/C17H30N2O2/c1-12(2)15-13(4-3-9-21-15)11-19-16(20)14-10-17(14)5-7-18-8-6-17/h12-15,18H,3-11H2,1-2H3,(H,19,20). The molecule has 0 aromatic rings. The van der Waals surface area contributed by atoms with Gasteiger partial charge in [0.1, 0.15) is 0 Å². The van der Waals surface area contributed by atoms with E-state index in [1.807, 2.05) is 0 Å². The van der Waals surface area contributed by atoms with Crippen LogP contribution in [0, 0.1) is 23.2 Å². The number of carbonyl (C=O) groups excluding carboxylic acids is 1. The lowest BCUT2D eigenvalue weighted by Gasteiger charge is -2.34. The first-order chi connectivity index (χ1) is 10.1. The zero-order chi connectivity index (χ0) is 14.9. The third-order valence-electron chi connectivity index (χ3n) is 5.80. The quantitative estimate of drug-likeness (QED) is 0.833. The van der Waals surface area contributed by atoms with Gasteiger partial charge >= 0.3 is 0 Å². The summed E-state index contributed by atoms with van der Waals surface area (Å²) in [6.07, 6.45) is 6.07. The summed E-state index contributed by atoms with van der Waals surface area (Å²) < 4.78 is 5.91. The van der Waals surface area contributed by atoms with E-state index in [4.69, 9.17) is 4.74 Å². The molecule has 0 aromatic heterocycles. The van der Waals surface area contributed by atoms with E-state index >= 15 is 0 Å². The number of amides is 1. The first-order valence-corrected chi connectivity index (χ1v) is 8.72. The number of piperidine rings is 1. The Bertz CT molecular complexity index is 377. The topological polar surface area (TPSA) is 50.4 Å². The average molecular weight is 294 g/mol. The molecule has 2 saturated heterocycles. The highest BCUT2D eigenvalue weighted by Crippen LogP contribution is 2.58. The smallest absolute Gasteiger partial charge is 0.223 e. The van der Waals surface area contributed by atoms with Crippen molar-refractivity contribution in [2.45, 2.75) is 52.1 Å². The highest BCUT2D eigenvalue weighted by atomic mass is 16.5. The van der Waals surface area contributed by atoms with Gasteiger partial charge in [-0.05, 0) is 56.5 Å². The van der Waals surface area contributed by atoms with E-state index in [-0.39, 0.29) is 5.92 Å². The second-order valence-electron chi connectivity index (χ2n) is 7.60. The lowest BCUT2D eigenvalue weighted by atomic mass is 9.87. The predicted molar refractivity (Wildman–Crippen MR) is 83.0 cm³/mol. The normalized spacial score (nSPS) is 34.9. The maximum absolute atomic E-state index is 12.4. The second-order valence-corrected chi connectivity index (χ2v) is 7.60. The van der Waals surface area contributed by atoms with E-state index in [0.29, 0.717) is 29.3 Å². The molecule has 4 heteroatoms. The second kappa shape index (κ2) is 6.25. The molecule has 3 unspecified atom stereocenters. The third kappa shape index (κ3) is 3.26. The van der Waals surface area contributed by atoms with Crippen molar-refractivity contribution in [3.05, 3.63) is 0 Å². The van der Waals surface area contributed by atoms with Gasteiger partial charge in [-0.2, -0.15) is 0 Å². The van der Waals surface area contributed by atoms with E-state index in [9.17, 15) is 4.79 Å². The van der Waals surface area contributed by atoms with Crippen molar-refractivity contribution in [2.24, 2.45) is 23.2 Å². The minimum Gasteiger partial charge on any atom is -0.378 e. The monoisotopic (exact) mass is 294 g/mol. The van der Waals surface area contributed by atoms with Crippen LogP contribution in [0.3, 0.4) is 0 Å². The Labute approximate surface area is 128 Å². The number of hydrogen-bond acceptors (Lipinski definition) is 3. The molecule has 3 aliphatic rings. The largest absolute Gasteiger partial charge is 0.378 e. The molecule has 0 radical (unpaired) electrons. The summed E-state index contributed by atoms with van der Waals surface area (Å²) in [6.45, 7) is 8.27. The van der Waals surface area contributed by atoms with Crippen LogP contribution < -0.4 is 10.6 Å². The van der Waals surface area contributed by atoms with Gasteiger partial charge in [-0.1, -0.05) is 13.8 Å². The molecule has 21 heavy (non-hydrogen) atoms. The lowest BCUT2D eigenvalue weighted by Crippen LogP contribution is -2.42. The number of nitrogens with one attached hydrogen (secondary N) is 2. The molecule has 0 bridgehead atoms. The van der Waals surface area contributed by atoms with Gasteiger partial charge in [-0.25, -0.2) is 0 Å². The maximum atomic E-state index is 12.4. The first kappa shape index (κ1) is 15.3. The van der Waals surface area contributed by atoms with Crippen LogP contribution >= 0.6 is 0 Å². The fourth-order valence-electron chi connectivity index (χ4n) is 4.37. The molecule has 2 heterocycles. The minimum absolute atomic E-state index is 0.279. The van der Waals surface area contributed by atoms with Gasteiger partial charge in [0.05, 0.1) is 6.10 Å². The Morgan fingerprint density at radius 1 is 1.38 bits per heavy atom. The number of ether oxygens (including phenoxy) is 1. The van der Waals surface area contributed by atoms with Crippen LogP contribution in [0.2, 0.25) is 0 Å². The fourth-order valence-corrected chi connectivity index (χ4v) is 4.37. The Hall–Kier alpha value is -0.610. The minimum atomic E-state index is 0.279. The van der Waals surface area contributed by atoms with Crippen molar-refractivity contribution in [2.75, 3.05) is 26.2 Å². The average Bonchev–Trinajstić information content (AvgIpc) is 3.19. The summed E-state index contributed by atoms with van der Waals surface area (Å²) in [5.41, 5.74) is 0.343. The molecule has 1 spiro atoms. The van der Waals surface area contributed by atoms with Crippen LogP contribution in [0.1, 0.15) is 46.0 Å². The van der Waals surface area contributed by atoms with Crippen LogP contribution in [0.15, 0.2) is 0 Å². The van der Waals surface area contributed by atoms with E-state index < -0.39 is 0 Å². The summed E-state index contributed by atoms with van der Waals surface area (Å²) in [7, 11) is 0. The zero-order valence-corrected chi connectivity index (χ0v) is 13.5. The van der Waals surface area contributed by atoms with E-state index in [1.165, 1.54) is 19.3 Å². The molecule has 2 aliphatic heterocycles. The highest BCUT2D eigenvalue weighted by molar-refractivity contribution is 5.82.